The molecule has 1 saturated heterocycles. The maximum absolute atomic E-state index is 12.3. The molecule has 10 nitrogen and oxygen atoms in total. The van der Waals surface area contributed by atoms with Crippen LogP contribution in [0.4, 0.5) is 5.69 Å². The lowest BCUT2D eigenvalue weighted by atomic mass is 10.2. The summed E-state index contributed by atoms with van der Waals surface area (Å²) in [7, 11) is 1.62. The summed E-state index contributed by atoms with van der Waals surface area (Å²) in [5.74, 6) is -0.259. The maximum Gasteiger partial charge on any atom is 0.328 e. The Morgan fingerprint density at radius 3 is 2.48 bits per heavy atom. The van der Waals surface area contributed by atoms with Gasteiger partial charge in [-0.05, 0) is 12.1 Å². The van der Waals surface area contributed by atoms with Crippen LogP contribution in [0.15, 0.2) is 46.1 Å². The lowest BCUT2D eigenvalue weighted by molar-refractivity contribution is -0.152. The largest absolute Gasteiger partial charge is 0.495 e. The van der Waals surface area contributed by atoms with E-state index in [-0.39, 0.29) is 12.5 Å². The summed E-state index contributed by atoms with van der Waals surface area (Å²) < 4.78 is 11.4. The molecule has 0 atom stereocenters. The monoisotopic (exact) mass is 402 g/mol. The van der Waals surface area contributed by atoms with E-state index < -0.39 is 23.8 Å². The summed E-state index contributed by atoms with van der Waals surface area (Å²) in [5.41, 5.74) is -0.296. The quantitative estimate of drug-likeness (QED) is 0.644. The van der Waals surface area contributed by atoms with Gasteiger partial charge in [0.1, 0.15) is 12.3 Å². The fourth-order valence-electron chi connectivity index (χ4n) is 3.07. The van der Waals surface area contributed by atoms with Crippen molar-refractivity contribution in [3.8, 4) is 5.75 Å². The molecule has 1 aliphatic heterocycles. The Hall–Kier alpha value is -3.56. The third-order valence-corrected chi connectivity index (χ3v) is 4.61. The Bertz CT molecular complexity index is 990. The smallest absolute Gasteiger partial charge is 0.328 e. The number of hydrogen-bond acceptors (Lipinski definition) is 7. The highest BCUT2D eigenvalue weighted by molar-refractivity contribution is 5.81. The SMILES string of the molecule is COc1ccccc1N1CCN(C(=O)COC(=O)Cn2ccc(=O)[nH]c2=O)CC1. The lowest BCUT2D eigenvalue weighted by Crippen LogP contribution is -2.50. The molecular formula is C19H22N4O6. The molecule has 0 bridgehead atoms. The van der Waals surface area contributed by atoms with Crippen molar-refractivity contribution in [2.24, 2.45) is 0 Å². The Balaban J connectivity index is 1.48. The second-order valence-electron chi connectivity index (χ2n) is 6.44. The lowest BCUT2D eigenvalue weighted by Gasteiger charge is -2.36. The van der Waals surface area contributed by atoms with Crippen LogP contribution < -0.4 is 20.9 Å². The fraction of sp³-hybridized carbons (Fsp3) is 0.368. The Kier molecular flexibility index (Phi) is 6.32. The zero-order valence-corrected chi connectivity index (χ0v) is 16.0. The van der Waals surface area contributed by atoms with Crippen LogP contribution in [0.25, 0.3) is 0 Å². The van der Waals surface area contributed by atoms with Crippen LogP contribution in [0.1, 0.15) is 0 Å². The number of rotatable bonds is 6. The Labute approximate surface area is 166 Å². The van der Waals surface area contributed by atoms with E-state index in [1.165, 1.54) is 6.20 Å². The summed E-state index contributed by atoms with van der Waals surface area (Å²) in [4.78, 5) is 52.6. The second kappa shape index (κ2) is 9.09. The molecule has 1 amide bonds. The molecule has 2 heterocycles. The van der Waals surface area contributed by atoms with Crippen LogP contribution in [0, 0.1) is 0 Å². The van der Waals surface area contributed by atoms with Gasteiger partial charge in [0.2, 0.25) is 0 Å². The summed E-state index contributed by atoms with van der Waals surface area (Å²) in [5, 5.41) is 0. The molecule has 10 heteroatoms. The minimum Gasteiger partial charge on any atom is -0.495 e. The highest BCUT2D eigenvalue weighted by atomic mass is 16.5. The normalized spacial score (nSPS) is 13.8. The predicted molar refractivity (Wildman–Crippen MR) is 104 cm³/mol. The fourth-order valence-corrected chi connectivity index (χ4v) is 3.07. The van der Waals surface area contributed by atoms with Crippen LogP contribution in [0.3, 0.4) is 0 Å². The molecule has 2 aromatic rings. The minimum atomic E-state index is -0.736. The van der Waals surface area contributed by atoms with Crippen molar-refractivity contribution >= 4 is 17.6 Å². The van der Waals surface area contributed by atoms with E-state index in [1.54, 1.807) is 12.0 Å². The molecule has 0 radical (unpaired) electrons. The van der Waals surface area contributed by atoms with Gasteiger partial charge in [-0.2, -0.15) is 0 Å². The van der Waals surface area contributed by atoms with E-state index in [0.29, 0.717) is 26.2 Å². The molecule has 1 aromatic heterocycles. The molecule has 3 rings (SSSR count). The van der Waals surface area contributed by atoms with Gasteiger partial charge >= 0.3 is 11.7 Å². The van der Waals surface area contributed by atoms with E-state index in [4.69, 9.17) is 9.47 Å². The first kappa shape index (κ1) is 20.2. The highest BCUT2D eigenvalue weighted by Crippen LogP contribution is 2.28. The molecule has 1 aromatic carbocycles. The van der Waals surface area contributed by atoms with Crippen molar-refractivity contribution in [2.45, 2.75) is 6.54 Å². The van der Waals surface area contributed by atoms with Crippen molar-refractivity contribution < 1.29 is 19.1 Å². The molecular weight excluding hydrogens is 380 g/mol. The number of carbonyl (C=O) groups excluding carboxylic acids is 2. The summed E-state index contributed by atoms with van der Waals surface area (Å²) in [6.45, 7) is 1.47. The van der Waals surface area contributed by atoms with Crippen molar-refractivity contribution in [1.29, 1.82) is 0 Å². The van der Waals surface area contributed by atoms with Crippen molar-refractivity contribution in [3.05, 3.63) is 57.4 Å². The molecule has 1 N–H and O–H groups in total. The number of nitrogens with zero attached hydrogens (tertiary/aromatic N) is 3. The van der Waals surface area contributed by atoms with Crippen molar-refractivity contribution in [3.63, 3.8) is 0 Å². The van der Waals surface area contributed by atoms with E-state index in [9.17, 15) is 19.2 Å². The second-order valence-corrected chi connectivity index (χ2v) is 6.44. The van der Waals surface area contributed by atoms with E-state index in [0.717, 1.165) is 22.1 Å². The zero-order chi connectivity index (χ0) is 20.8. The summed E-state index contributed by atoms with van der Waals surface area (Å²) in [6.07, 6.45) is 1.20. The van der Waals surface area contributed by atoms with Gasteiger partial charge in [-0.15, -0.1) is 0 Å². The van der Waals surface area contributed by atoms with Gasteiger partial charge in [-0.3, -0.25) is 23.9 Å². The topological polar surface area (TPSA) is 114 Å². The van der Waals surface area contributed by atoms with Gasteiger partial charge < -0.3 is 19.3 Å². The number of aromatic amines is 1. The van der Waals surface area contributed by atoms with Crippen molar-refractivity contribution in [1.82, 2.24) is 14.5 Å². The zero-order valence-electron chi connectivity index (χ0n) is 16.0. The van der Waals surface area contributed by atoms with Crippen LogP contribution in [-0.2, 0) is 20.9 Å². The van der Waals surface area contributed by atoms with Crippen LogP contribution >= 0.6 is 0 Å². The first-order valence-electron chi connectivity index (χ1n) is 9.09. The molecule has 1 fully saturated rings. The van der Waals surface area contributed by atoms with Gasteiger partial charge in [-0.1, -0.05) is 12.1 Å². The average molecular weight is 402 g/mol. The minimum absolute atomic E-state index is 0.299. The Morgan fingerprint density at radius 2 is 1.79 bits per heavy atom. The van der Waals surface area contributed by atoms with Crippen molar-refractivity contribution in [2.75, 3.05) is 44.8 Å². The summed E-state index contributed by atoms with van der Waals surface area (Å²) >= 11 is 0. The number of methoxy groups -OCH3 is 1. The first-order chi connectivity index (χ1) is 14.0. The number of ether oxygens (including phenoxy) is 2. The molecule has 0 aliphatic carbocycles. The molecule has 0 unspecified atom stereocenters. The highest BCUT2D eigenvalue weighted by Gasteiger charge is 2.23. The number of nitrogens with one attached hydrogen (secondary N) is 1. The molecule has 0 saturated carbocycles. The van der Waals surface area contributed by atoms with Crippen LogP contribution in [0.2, 0.25) is 0 Å². The molecule has 29 heavy (non-hydrogen) atoms. The number of hydrogen-bond donors (Lipinski definition) is 1. The van der Waals surface area contributed by atoms with Gasteiger partial charge in [0.25, 0.3) is 11.5 Å². The predicted octanol–water partition coefficient (Wildman–Crippen LogP) is -0.563. The first-order valence-corrected chi connectivity index (χ1v) is 9.09. The maximum atomic E-state index is 12.3. The number of para-hydroxylation sites is 2. The number of piperazine rings is 1. The third-order valence-electron chi connectivity index (χ3n) is 4.61. The number of carbonyl (C=O) groups is 2. The van der Waals surface area contributed by atoms with Crippen LogP contribution in [0.5, 0.6) is 5.75 Å². The number of esters is 1. The van der Waals surface area contributed by atoms with Crippen LogP contribution in [-0.4, -0.2) is 66.2 Å². The molecule has 154 valence electrons. The Morgan fingerprint density at radius 1 is 1.07 bits per heavy atom. The van der Waals surface area contributed by atoms with E-state index in [2.05, 4.69) is 4.90 Å². The molecule has 0 spiro atoms. The third kappa shape index (κ3) is 5.03. The van der Waals surface area contributed by atoms with E-state index >= 15 is 0 Å². The van der Waals surface area contributed by atoms with Gasteiger partial charge in [0, 0.05) is 38.4 Å². The summed E-state index contributed by atoms with van der Waals surface area (Å²) in [6, 6.07) is 8.82. The van der Waals surface area contributed by atoms with Gasteiger partial charge in [-0.25, -0.2) is 4.79 Å². The number of H-pyrrole nitrogens is 1. The van der Waals surface area contributed by atoms with Gasteiger partial charge in [0.05, 0.1) is 12.8 Å². The van der Waals surface area contributed by atoms with E-state index in [1.807, 2.05) is 29.2 Å². The average Bonchev–Trinajstić information content (AvgIpc) is 2.74. The number of benzene rings is 1. The number of anilines is 1. The number of aromatic nitrogens is 2. The van der Waals surface area contributed by atoms with Gasteiger partial charge in [0.15, 0.2) is 6.61 Å². The molecule has 1 aliphatic rings. The number of amides is 1. The standard InChI is InChI=1S/C19H22N4O6/c1-28-15-5-3-2-4-14(15)21-8-10-22(11-9-21)17(25)13-29-18(26)12-23-7-6-16(24)20-19(23)27/h2-7H,8-13H2,1H3,(H,20,24,27).